The Morgan fingerprint density at radius 1 is 1.14 bits per heavy atom. The van der Waals surface area contributed by atoms with Crippen LogP contribution in [0.15, 0.2) is 59.6 Å². The average molecular weight is 467 g/mol. The molecule has 1 atom stereocenters. The number of morpholine rings is 1. The lowest BCUT2D eigenvalue weighted by atomic mass is 9.80. The van der Waals surface area contributed by atoms with Crippen LogP contribution >= 0.6 is 0 Å². The number of fused-ring (bicyclic) bond motifs is 1. The smallest absolute Gasteiger partial charge is 0.126 e. The van der Waals surface area contributed by atoms with E-state index in [0.29, 0.717) is 16.8 Å². The highest BCUT2D eigenvalue weighted by Crippen LogP contribution is 2.40. The molecule has 0 saturated carbocycles. The first-order chi connectivity index (χ1) is 17.2. The normalized spacial score (nSPS) is 18.8. The predicted octanol–water partition coefficient (Wildman–Crippen LogP) is 3.12. The van der Waals surface area contributed by atoms with E-state index in [1.54, 1.807) is 12.4 Å². The van der Waals surface area contributed by atoms with Gasteiger partial charge in [-0.15, -0.1) is 0 Å². The molecule has 2 aliphatic heterocycles. The number of hydrogen-bond donors (Lipinski definition) is 3. The van der Waals surface area contributed by atoms with Gasteiger partial charge in [-0.2, -0.15) is 15.6 Å². The number of aromatic amines is 1. The molecule has 0 amide bonds. The lowest BCUT2D eigenvalue weighted by Crippen LogP contribution is -2.39. The van der Waals surface area contributed by atoms with Gasteiger partial charge in [-0.3, -0.25) is 10.00 Å². The Balaban J connectivity index is 1.45. The van der Waals surface area contributed by atoms with E-state index in [4.69, 9.17) is 4.74 Å². The number of benzene rings is 1. The number of dihydropyridines is 1. The average Bonchev–Trinajstić information content (AvgIpc) is 3.37. The molecule has 0 spiro atoms. The number of ether oxygens (including phenoxy) is 1. The summed E-state index contributed by atoms with van der Waals surface area (Å²) in [6, 6.07) is 14.4. The van der Waals surface area contributed by atoms with E-state index in [9.17, 15) is 10.5 Å². The summed E-state index contributed by atoms with van der Waals surface area (Å²) in [5.41, 5.74) is 5.09. The van der Waals surface area contributed by atoms with Crippen LogP contribution in [0.5, 0.6) is 0 Å². The van der Waals surface area contributed by atoms with Crippen molar-refractivity contribution in [1.82, 2.24) is 25.4 Å². The third-order valence-corrected chi connectivity index (χ3v) is 6.49. The van der Waals surface area contributed by atoms with Crippen LogP contribution in [0.4, 0.5) is 5.82 Å². The van der Waals surface area contributed by atoms with E-state index in [1.807, 2.05) is 37.3 Å². The SMILES string of the molecule is CC1=C(C#N)C(c2ccc3[nH]ncc3c2)C(C#N)=C(c2ccnc(NCCN3CCOCC3)c2)N1. The van der Waals surface area contributed by atoms with Crippen LogP contribution in [0.25, 0.3) is 16.6 Å². The summed E-state index contributed by atoms with van der Waals surface area (Å²) >= 11 is 0. The molecular formula is C26H26N8O. The molecule has 3 N–H and O–H groups in total. The fraction of sp³-hybridized carbons (Fsp3) is 0.308. The molecule has 1 unspecified atom stereocenters. The summed E-state index contributed by atoms with van der Waals surface area (Å²) in [7, 11) is 0. The first-order valence-electron chi connectivity index (χ1n) is 11.6. The first kappa shape index (κ1) is 22.6. The number of nitrogens with one attached hydrogen (secondary N) is 3. The lowest BCUT2D eigenvalue weighted by molar-refractivity contribution is 0.0398. The van der Waals surface area contributed by atoms with E-state index in [-0.39, 0.29) is 0 Å². The maximum absolute atomic E-state index is 10.2. The zero-order valence-electron chi connectivity index (χ0n) is 19.5. The van der Waals surface area contributed by atoms with Crippen LogP contribution in [-0.2, 0) is 4.74 Å². The number of allylic oxidation sites excluding steroid dienone is 3. The molecule has 176 valence electrons. The molecule has 35 heavy (non-hydrogen) atoms. The number of pyridine rings is 1. The van der Waals surface area contributed by atoms with Crippen LogP contribution in [0.2, 0.25) is 0 Å². The predicted molar refractivity (Wildman–Crippen MR) is 133 cm³/mol. The third kappa shape index (κ3) is 4.60. The van der Waals surface area contributed by atoms with Crippen molar-refractivity contribution in [3.05, 3.63) is 70.7 Å². The highest BCUT2D eigenvalue weighted by molar-refractivity contribution is 5.82. The minimum absolute atomic E-state index is 0.466. The van der Waals surface area contributed by atoms with Crippen LogP contribution in [-0.4, -0.2) is 59.5 Å². The number of anilines is 1. The molecule has 0 bridgehead atoms. The Morgan fingerprint density at radius 3 is 2.77 bits per heavy atom. The van der Waals surface area contributed by atoms with Crippen LogP contribution in [0.1, 0.15) is 24.0 Å². The number of hydrogen-bond acceptors (Lipinski definition) is 8. The monoisotopic (exact) mass is 466 g/mol. The Labute approximate surface area is 203 Å². The number of rotatable bonds is 6. The highest BCUT2D eigenvalue weighted by atomic mass is 16.5. The van der Waals surface area contributed by atoms with Crippen molar-refractivity contribution >= 4 is 22.4 Å². The number of H-pyrrole nitrogens is 1. The van der Waals surface area contributed by atoms with E-state index in [0.717, 1.165) is 72.9 Å². The molecular weight excluding hydrogens is 440 g/mol. The second kappa shape index (κ2) is 9.98. The van der Waals surface area contributed by atoms with E-state index in [1.165, 1.54) is 0 Å². The van der Waals surface area contributed by atoms with Gasteiger partial charge in [-0.1, -0.05) is 6.07 Å². The standard InChI is InChI=1S/C26H26N8O/c1-17-21(14-27)25(18-2-3-23-20(12-18)16-31-33-23)22(15-28)26(32-17)19-4-5-29-24(13-19)30-6-7-34-8-10-35-11-9-34/h2-5,12-13,16,25,32H,6-11H2,1H3,(H,29,30)(H,31,33). The van der Waals surface area contributed by atoms with Gasteiger partial charge in [0, 0.05) is 49.0 Å². The summed E-state index contributed by atoms with van der Waals surface area (Å²) in [4.78, 5) is 6.82. The van der Waals surface area contributed by atoms with Gasteiger partial charge >= 0.3 is 0 Å². The van der Waals surface area contributed by atoms with Gasteiger partial charge in [-0.25, -0.2) is 4.98 Å². The van der Waals surface area contributed by atoms with Gasteiger partial charge in [0.2, 0.25) is 0 Å². The zero-order chi connectivity index (χ0) is 24.2. The van der Waals surface area contributed by atoms with Crippen LogP contribution < -0.4 is 10.6 Å². The molecule has 1 fully saturated rings. The van der Waals surface area contributed by atoms with Crippen molar-refractivity contribution in [3.8, 4) is 12.1 Å². The quantitative estimate of drug-likeness (QED) is 0.506. The molecule has 9 heteroatoms. The molecule has 9 nitrogen and oxygen atoms in total. The van der Waals surface area contributed by atoms with Crippen molar-refractivity contribution in [1.29, 1.82) is 10.5 Å². The molecule has 2 aromatic heterocycles. The summed E-state index contributed by atoms with van der Waals surface area (Å²) in [5.74, 6) is 0.276. The van der Waals surface area contributed by atoms with Gasteiger partial charge in [0.25, 0.3) is 0 Å². The summed E-state index contributed by atoms with van der Waals surface area (Å²) < 4.78 is 5.41. The Hall–Kier alpha value is -4.18. The summed E-state index contributed by atoms with van der Waals surface area (Å²) in [6.07, 6.45) is 3.48. The summed E-state index contributed by atoms with van der Waals surface area (Å²) in [6.45, 7) is 6.98. The molecule has 1 aromatic carbocycles. The molecule has 3 aromatic rings. The second-order valence-electron chi connectivity index (χ2n) is 8.64. The minimum Gasteiger partial charge on any atom is -0.379 e. The number of aromatic nitrogens is 3. The van der Waals surface area contributed by atoms with Crippen molar-refractivity contribution < 1.29 is 4.74 Å². The van der Waals surface area contributed by atoms with E-state index >= 15 is 0 Å². The zero-order valence-corrected chi connectivity index (χ0v) is 19.5. The molecule has 2 aliphatic rings. The maximum Gasteiger partial charge on any atom is 0.126 e. The molecule has 0 radical (unpaired) electrons. The third-order valence-electron chi connectivity index (χ3n) is 6.49. The van der Waals surface area contributed by atoms with Gasteiger partial charge in [0.05, 0.1) is 59.8 Å². The largest absolute Gasteiger partial charge is 0.379 e. The van der Waals surface area contributed by atoms with E-state index in [2.05, 4.69) is 42.9 Å². The van der Waals surface area contributed by atoms with Gasteiger partial charge in [0.15, 0.2) is 0 Å². The Kier molecular flexibility index (Phi) is 6.44. The highest BCUT2D eigenvalue weighted by Gasteiger charge is 2.31. The molecule has 5 rings (SSSR count). The van der Waals surface area contributed by atoms with Crippen molar-refractivity contribution in [2.24, 2.45) is 0 Å². The first-order valence-corrected chi connectivity index (χ1v) is 11.6. The molecule has 1 saturated heterocycles. The Morgan fingerprint density at radius 2 is 1.97 bits per heavy atom. The van der Waals surface area contributed by atoms with Crippen molar-refractivity contribution in [2.75, 3.05) is 44.7 Å². The number of nitriles is 2. The van der Waals surface area contributed by atoms with Crippen molar-refractivity contribution in [3.63, 3.8) is 0 Å². The van der Waals surface area contributed by atoms with Gasteiger partial charge < -0.3 is 15.4 Å². The van der Waals surface area contributed by atoms with Crippen LogP contribution in [0.3, 0.4) is 0 Å². The van der Waals surface area contributed by atoms with Gasteiger partial charge in [0.1, 0.15) is 5.82 Å². The number of nitrogens with zero attached hydrogens (tertiary/aromatic N) is 5. The van der Waals surface area contributed by atoms with Crippen LogP contribution in [0, 0.1) is 22.7 Å². The Bertz CT molecular complexity index is 1380. The summed E-state index contributed by atoms with van der Waals surface area (Å²) in [5, 5.41) is 34.9. The fourth-order valence-corrected chi connectivity index (χ4v) is 4.65. The second-order valence-corrected chi connectivity index (χ2v) is 8.64. The topological polar surface area (TPSA) is 126 Å². The fourth-order valence-electron chi connectivity index (χ4n) is 4.65. The lowest BCUT2D eigenvalue weighted by Gasteiger charge is -2.28. The maximum atomic E-state index is 10.2. The van der Waals surface area contributed by atoms with Crippen molar-refractivity contribution in [2.45, 2.75) is 12.8 Å². The molecule has 4 heterocycles. The molecule has 0 aliphatic carbocycles. The minimum atomic E-state index is -0.466. The van der Waals surface area contributed by atoms with Gasteiger partial charge in [-0.05, 0) is 36.8 Å². The van der Waals surface area contributed by atoms with E-state index < -0.39 is 5.92 Å².